The van der Waals surface area contributed by atoms with Gasteiger partial charge >= 0.3 is 0 Å². The first-order valence-corrected chi connectivity index (χ1v) is 2.93. The van der Waals surface area contributed by atoms with Gasteiger partial charge in [-0.05, 0) is 0 Å². The van der Waals surface area contributed by atoms with E-state index in [1.54, 1.807) is 0 Å². The minimum absolute atomic E-state index is 0.174. The third-order valence-corrected chi connectivity index (χ3v) is 1.35. The molecule has 0 amide bonds. The zero-order valence-electron chi connectivity index (χ0n) is 5.68. The summed E-state index contributed by atoms with van der Waals surface area (Å²) in [5.74, 6) is 0. The molecule has 0 unspecified atom stereocenters. The molecule has 0 bridgehead atoms. The van der Waals surface area contributed by atoms with Crippen LogP contribution >= 0.6 is 0 Å². The first-order valence-electron chi connectivity index (χ1n) is 2.93. The molecule has 0 saturated heterocycles. The molecule has 11 heavy (non-hydrogen) atoms. The van der Waals surface area contributed by atoms with Crippen molar-refractivity contribution in [2.24, 2.45) is 7.05 Å². The highest BCUT2D eigenvalue weighted by atomic mass is 16.5. The van der Waals surface area contributed by atoms with E-state index in [0.29, 0.717) is 5.39 Å². The normalized spacial score (nSPS) is 10.6. The fourth-order valence-corrected chi connectivity index (χ4v) is 0.775. The Kier molecular flexibility index (Phi) is 1.03. The van der Waals surface area contributed by atoms with Gasteiger partial charge in [0.15, 0.2) is 0 Å². The molecular weight excluding hydrogens is 148 g/mol. The Morgan fingerprint density at radius 2 is 2.45 bits per heavy atom. The Morgan fingerprint density at radius 1 is 1.64 bits per heavy atom. The summed E-state index contributed by atoms with van der Waals surface area (Å²) in [6.07, 6.45) is 1.33. The molecular formula is C5H4N4O2. The van der Waals surface area contributed by atoms with E-state index in [2.05, 4.69) is 20.0 Å². The van der Waals surface area contributed by atoms with Gasteiger partial charge in [-0.25, -0.2) is 4.68 Å². The van der Waals surface area contributed by atoms with Gasteiger partial charge in [-0.3, -0.25) is 4.79 Å². The molecule has 0 aliphatic heterocycles. The summed E-state index contributed by atoms with van der Waals surface area (Å²) in [4.78, 5) is 11.1. The predicted octanol–water partition coefficient (Wildman–Crippen LogP) is -0.683. The zero-order chi connectivity index (χ0) is 7.84. The lowest BCUT2D eigenvalue weighted by Crippen LogP contribution is -2.19. The quantitative estimate of drug-likeness (QED) is 0.499. The van der Waals surface area contributed by atoms with Gasteiger partial charge in [0, 0.05) is 7.05 Å². The Bertz CT molecular complexity index is 443. The number of nitrogens with zero attached hydrogens (tertiary/aromatic N) is 4. The second-order valence-electron chi connectivity index (χ2n) is 2.06. The maximum Gasteiger partial charge on any atom is 0.283 e. The van der Waals surface area contributed by atoms with Crippen LogP contribution in [0.4, 0.5) is 0 Å². The molecule has 6 heteroatoms. The van der Waals surface area contributed by atoms with Crippen molar-refractivity contribution in [3.63, 3.8) is 0 Å². The minimum Gasteiger partial charge on any atom is -0.334 e. The standard InChI is InChI=1S/C5H4N4O2/c1-9-5(10)3-2-6-11-4(3)7-8-9/h2H,1H3. The molecule has 0 aliphatic carbocycles. The van der Waals surface area contributed by atoms with Gasteiger partial charge in [0.25, 0.3) is 11.3 Å². The average Bonchev–Trinajstić information content (AvgIpc) is 2.45. The van der Waals surface area contributed by atoms with Crippen molar-refractivity contribution in [2.45, 2.75) is 0 Å². The number of hydrogen-bond acceptors (Lipinski definition) is 5. The lowest BCUT2D eigenvalue weighted by atomic mass is 10.5. The molecule has 0 aromatic carbocycles. The second-order valence-corrected chi connectivity index (χ2v) is 2.06. The van der Waals surface area contributed by atoms with Crippen molar-refractivity contribution in [3.8, 4) is 0 Å². The highest BCUT2D eigenvalue weighted by Gasteiger charge is 2.05. The smallest absolute Gasteiger partial charge is 0.283 e. The van der Waals surface area contributed by atoms with E-state index in [1.165, 1.54) is 13.2 Å². The highest BCUT2D eigenvalue weighted by Crippen LogP contribution is 2.00. The molecule has 0 fully saturated rings. The molecule has 2 aromatic rings. The van der Waals surface area contributed by atoms with Crippen LogP contribution < -0.4 is 5.56 Å². The first-order chi connectivity index (χ1) is 5.29. The molecule has 0 spiro atoms. The number of rotatable bonds is 0. The zero-order valence-corrected chi connectivity index (χ0v) is 5.68. The third kappa shape index (κ3) is 0.721. The van der Waals surface area contributed by atoms with E-state index >= 15 is 0 Å². The molecule has 0 radical (unpaired) electrons. The molecule has 56 valence electrons. The first kappa shape index (κ1) is 6.02. The van der Waals surface area contributed by atoms with Gasteiger partial charge < -0.3 is 4.52 Å². The van der Waals surface area contributed by atoms with E-state index in [4.69, 9.17) is 0 Å². The van der Waals surface area contributed by atoms with Crippen LogP contribution in [0.5, 0.6) is 0 Å². The Labute approximate surface area is 60.4 Å². The van der Waals surface area contributed by atoms with Crippen LogP contribution in [-0.4, -0.2) is 20.2 Å². The van der Waals surface area contributed by atoms with E-state index < -0.39 is 0 Å². The molecule has 2 rings (SSSR count). The van der Waals surface area contributed by atoms with Crippen LogP contribution in [0.3, 0.4) is 0 Å². The summed E-state index contributed by atoms with van der Waals surface area (Å²) in [7, 11) is 1.52. The summed E-state index contributed by atoms with van der Waals surface area (Å²) in [6.45, 7) is 0. The van der Waals surface area contributed by atoms with Gasteiger partial charge in [-0.15, -0.1) is 0 Å². The molecule has 2 aromatic heterocycles. The molecule has 2 heterocycles. The fraction of sp³-hybridized carbons (Fsp3) is 0.200. The maximum atomic E-state index is 11.1. The number of hydrogen-bond donors (Lipinski definition) is 0. The molecule has 0 saturated carbocycles. The van der Waals surface area contributed by atoms with Gasteiger partial charge in [0.2, 0.25) is 0 Å². The Morgan fingerprint density at radius 3 is 3.27 bits per heavy atom. The third-order valence-electron chi connectivity index (χ3n) is 1.35. The molecule has 0 atom stereocenters. The van der Waals surface area contributed by atoms with Gasteiger partial charge in [-0.2, -0.15) is 0 Å². The van der Waals surface area contributed by atoms with E-state index in [0.717, 1.165) is 4.68 Å². The lowest BCUT2D eigenvalue weighted by molar-refractivity contribution is 0.441. The Hall–Kier alpha value is -1.72. The van der Waals surface area contributed by atoms with Crippen molar-refractivity contribution in [1.82, 2.24) is 20.2 Å². The minimum atomic E-state index is -0.253. The van der Waals surface area contributed by atoms with Crippen molar-refractivity contribution >= 4 is 11.1 Å². The van der Waals surface area contributed by atoms with E-state index in [1.807, 2.05) is 0 Å². The lowest BCUT2D eigenvalue weighted by Gasteiger charge is -1.89. The molecule has 0 N–H and O–H groups in total. The molecule has 0 aliphatic rings. The van der Waals surface area contributed by atoms with Gasteiger partial charge in [0.1, 0.15) is 5.39 Å². The van der Waals surface area contributed by atoms with Crippen LogP contribution in [0.15, 0.2) is 15.5 Å². The SMILES string of the molecule is Cn1nnc2oncc2c1=O. The van der Waals surface area contributed by atoms with E-state index in [9.17, 15) is 4.79 Å². The number of aryl methyl sites for hydroxylation is 1. The predicted molar refractivity (Wildman–Crippen MR) is 34.8 cm³/mol. The highest BCUT2D eigenvalue weighted by molar-refractivity contribution is 5.69. The number of aromatic nitrogens is 4. The monoisotopic (exact) mass is 152 g/mol. The van der Waals surface area contributed by atoms with Crippen molar-refractivity contribution in [3.05, 3.63) is 16.6 Å². The van der Waals surface area contributed by atoms with Crippen LogP contribution in [0.25, 0.3) is 11.1 Å². The van der Waals surface area contributed by atoms with Gasteiger partial charge in [0.05, 0.1) is 6.20 Å². The Balaban J connectivity index is 3.05. The largest absolute Gasteiger partial charge is 0.334 e. The van der Waals surface area contributed by atoms with Crippen molar-refractivity contribution in [1.29, 1.82) is 0 Å². The number of fused-ring (bicyclic) bond motifs is 1. The summed E-state index contributed by atoms with van der Waals surface area (Å²) in [6, 6.07) is 0. The van der Waals surface area contributed by atoms with Crippen molar-refractivity contribution < 1.29 is 4.52 Å². The van der Waals surface area contributed by atoms with Crippen LogP contribution in [0, 0.1) is 0 Å². The topological polar surface area (TPSA) is 73.8 Å². The summed E-state index contributed by atoms with van der Waals surface area (Å²) in [5, 5.41) is 10.8. The van der Waals surface area contributed by atoms with Gasteiger partial charge in [-0.1, -0.05) is 15.5 Å². The van der Waals surface area contributed by atoms with Crippen LogP contribution in [0.1, 0.15) is 0 Å². The fourth-order valence-electron chi connectivity index (χ4n) is 0.775. The maximum absolute atomic E-state index is 11.1. The summed E-state index contributed by atoms with van der Waals surface area (Å²) >= 11 is 0. The summed E-state index contributed by atoms with van der Waals surface area (Å²) in [5.41, 5.74) is -0.0793. The van der Waals surface area contributed by atoms with Crippen LogP contribution in [0.2, 0.25) is 0 Å². The van der Waals surface area contributed by atoms with Crippen molar-refractivity contribution in [2.75, 3.05) is 0 Å². The molecule has 6 nitrogen and oxygen atoms in total. The second kappa shape index (κ2) is 1.88. The van der Waals surface area contributed by atoms with E-state index in [-0.39, 0.29) is 11.3 Å². The summed E-state index contributed by atoms with van der Waals surface area (Å²) < 4.78 is 5.74. The van der Waals surface area contributed by atoms with Crippen LogP contribution in [-0.2, 0) is 7.05 Å². The average molecular weight is 152 g/mol.